The van der Waals surface area contributed by atoms with Crippen molar-refractivity contribution in [1.29, 1.82) is 0 Å². The van der Waals surface area contributed by atoms with Crippen molar-refractivity contribution in [2.75, 3.05) is 0 Å². The smallest absolute Gasteiger partial charge is 0.346 e. The highest BCUT2D eigenvalue weighted by Gasteiger charge is 2.35. The molecule has 166 valence electrons. The number of halogens is 3. The number of rotatable bonds is 4. The lowest BCUT2D eigenvalue weighted by atomic mass is 10.1. The lowest BCUT2D eigenvalue weighted by molar-refractivity contribution is -0.142. The first-order chi connectivity index (χ1) is 15.0. The number of carbonyl (C=O) groups is 1. The predicted molar refractivity (Wildman–Crippen MR) is 112 cm³/mol. The summed E-state index contributed by atoms with van der Waals surface area (Å²) in [6.45, 7) is 5.77. The summed E-state index contributed by atoms with van der Waals surface area (Å²) in [7, 11) is 1.80. The number of carbonyl (C=O) groups excluding carboxylic acids is 1. The summed E-state index contributed by atoms with van der Waals surface area (Å²) in [5.41, 5.74) is 2.96. The van der Waals surface area contributed by atoms with Crippen molar-refractivity contribution >= 4 is 11.6 Å². The Bertz CT molecular complexity index is 1320. The molecule has 1 amide bonds. The third-order valence-corrected chi connectivity index (χ3v) is 5.38. The van der Waals surface area contributed by atoms with Crippen LogP contribution in [-0.4, -0.2) is 30.3 Å². The molecule has 0 spiro atoms. The molecule has 3 aromatic heterocycles. The van der Waals surface area contributed by atoms with Crippen LogP contribution in [0.1, 0.15) is 38.7 Å². The number of amides is 1. The van der Waals surface area contributed by atoms with E-state index in [0.29, 0.717) is 10.1 Å². The topological polar surface area (TPSA) is 77.1 Å². The van der Waals surface area contributed by atoms with Gasteiger partial charge in [0.1, 0.15) is 0 Å². The summed E-state index contributed by atoms with van der Waals surface area (Å²) in [4.78, 5) is 17.0. The molecule has 32 heavy (non-hydrogen) atoms. The molecule has 0 bridgehead atoms. The van der Waals surface area contributed by atoms with Crippen LogP contribution in [0, 0.1) is 20.8 Å². The number of fused-ring (bicyclic) bond motifs is 1. The Morgan fingerprint density at radius 2 is 1.75 bits per heavy atom. The van der Waals surface area contributed by atoms with Crippen LogP contribution in [0.2, 0.25) is 0 Å². The molecule has 0 unspecified atom stereocenters. The van der Waals surface area contributed by atoms with Gasteiger partial charge in [0.05, 0.1) is 11.4 Å². The first-order valence-corrected chi connectivity index (χ1v) is 9.87. The molecule has 0 fully saturated rings. The maximum Gasteiger partial charge on any atom is 0.433 e. The van der Waals surface area contributed by atoms with Crippen molar-refractivity contribution in [2.24, 2.45) is 7.05 Å². The summed E-state index contributed by atoms with van der Waals surface area (Å²) in [6, 6.07) is 9.20. The minimum Gasteiger partial charge on any atom is -0.346 e. The van der Waals surface area contributed by atoms with E-state index >= 15 is 0 Å². The average molecular weight is 442 g/mol. The molecule has 0 aliphatic rings. The zero-order valence-electron chi connectivity index (χ0n) is 17.9. The van der Waals surface area contributed by atoms with Crippen molar-refractivity contribution in [3.05, 3.63) is 70.3 Å². The van der Waals surface area contributed by atoms with Gasteiger partial charge >= 0.3 is 6.18 Å². The second kappa shape index (κ2) is 7.77. The third-order valence-electron chi connectivity index (χ3n) is 5.38. The van der Waals surface area contributed by atoms with Crippen LogP contribution in [0.25, 0.3) is 16.9 Å². The first-order valence-electron chi connectivity index (χ1n) is 9.87. The van der Waals surface area contributed by atoms with Crippen LogP contribution in [0.4, 0.5) is 13.2 Å². The zero-order chi connectivity index (χ0) is 23.2. The number of hydrogen-bond donors (Lipinski definition) is 1. The quantitative estimate of drug-likeness (QED) is 0.518. The Balaban J connectivity index is 1.70. The molecular weight excluding hydrogens is 421 g/mol. The van der Waals surface area contributed by atoms with Crippen molar-refractivity contribution in [3.8, 4) is 11.3 Å². The largest absolute Gasteiger partial charge is 0.433 e. The molecule has 0 radical (unpaired) electrons. The SMILES string of the molecule is Cc1ccc(-c2cc(C(F)(F)F)n3nc(C(=O)NCc4c(C)nn(C)c4C)cc3n2)cc1. The summed E-state index contributed by atoms with van der Waals surface area (Å²) in [5.74, 6) is -0.594. The Morgan fingerprint density at radius 3 is 2.34 bits per heavy atom. The maximum atomic E-state index is 13.8. The molecule has 4 rings (SSSR count). The highest BCUT2D eigenvalue weighted by atomic mass is 19.4. The van der Waals surface area contributed by atoms with Crippen molar-refractivity contribution in [1.82, 2.24) is 29.7 Å². The fourth-order valence-electron chi connectivity index (χ4n) is 3.49. The van der Waals surface area contributed by atoms with Gasteiger partial charge in [-0.1, -0.05) is 29.8 Å². The van der Waals surface area contributed by atoms with Crippen LogP contribution >= 0.6 is 0 Å². The van der Waals surface area contributed by atoms with Crippen LogP contribution in [-0.2, 0) is 19.8 Å². The van der Waals surface area contributed by atoms with Gasteiger partial charge in [-0.05, 0) is 26.8 Å². The van der Waals surface area contributed by atoms with E-state index in [1.165, 1.54) is 6.07 Å². The molecule has 0 saturated carbocycles. The second-order valence-electron chi connectivity index (χ2n) is 7.65. The highest BCUT2D eigenvalue weighted by molar-refractivity contribution is 5.93. The minimum atomic E-state index is -4.68. The zero-order valence-corrected chi connectivity index (χ0v) is 17.9. The van der Waals surface area contributed by atoms with E-state index in [1.54, 1.807) is 36.0 Å². The van der Waals surface area contributed by atoms with Gasteiger partial charge in [0, 0.05) is 36.5 Å². The normalized spacial score (nSPS) is 11.8. The molecule has 3 heterocycles. The van der Waals surface area contributed by atoms with Gasteiger partial charge in [-0.25, -0.2) is 9.50 Å². The third kappa shape index (κ3) is 3.95. The maximum absolute atomic E-state index is 13.8. The number of aromatic nitrogens is 5. The fourth-order valence-corrected chi connectivity index (χ4v) is 3.49. The Morgan fingerprint density at radius 1 is 1.06 bits per heavy atom. The average Bonchev–Trinajstić information content (AvgIpc) is 3.26. The van der Waals surface area contributed by atoms with E-state index in [-0.39, 0.29) is 23.6 Å². The molecule has 0 atom stereocenters. The van der Waals surface area contributed by atoms with E-state index in [1.807, 2.05) is 20.8 Å². The Hall–Kier alpha value is -3.69. The summed E-state index contributed by atoms with van der Waals surface area (Å²) in [5, 5.41) is 10.9. The van der Waals surface area contributed by atoms with Gasteiger partial charge in [-0.15, -0.1) is 0 Å². The van der Waals surface area contributed by atoms with Gasteiger partial charge in [-0.3, -0.25) is 9.48 Å². The Kier molecular flexibility index (Phi) is 5.23. The number of hydrogen-bond acceptors (Lipinski definition) is 4. The van der Waals surface area contributed by atoms with E-state index in [2.05, 4.69) is 20.5 Å². The molecule has 1 aromatic carbocycles. The number of nitrogens with zero attached hydrogens (tertiary/aromatic N) is 5. The predicted octanol–water partition coefficient (Wildman–Crippen LogP) is 4.00. The van der Waals surface area contributed by atoms with E-state index in [9.17, 15) is 18.0 Å². The van der Waals surface area contributed by atoms with Gasteiger partial charge in [0.15, 0.2) is 17.0 Å². The second-order valence-corrected chi connectivity index (χ2v) is 7.65. The number of benzene rings is 1. The van der Waals surface area contributed by atoms with Gasteiger partial charge in [0.2, 0.25) is 0 Å². The van der Waals surface area contributed by atoms with E-state index in [0.717, 1.165) is 28.6 Å². The summed E-state index contributed by atoms with van der Waals surface area (Å²) < 4.78 is 43.6. The highest BCUT2D eigenvalue weighted by Crippen LogP contribution is 2.32. The van der Waals surface area contributed by atoms with Gasteiger partial charge in [0.25, 0.3) is 5.91 Å². The lowest BCUT2D eigenvalue weighted by Crippen LogP contribution is -2.24. The molecule has 7 nitrogen and oxygen atoms in total. The van der Waals surface area contributed by atoms with Gasteiger partial charge < -0.3 is 5.32 Å². The molecular formula is C22H21F3N6O. The number of nitrogens with one attached hydrogen (secondary N) is 1. The van der Waals surface area contributed by atoms with Crippen LogP contribution < -0.4 is 5.32 Å². The van der Waals surface area contributed by atoms with Crippen molar-refractivity contribution in [2.45, 2.75) is 33.5 Å². The first kappa shape index (κ1) is 21.5. The summed E-state index contributed by atoms with van der Waals surface area (Å²) in [6.07, 6.45) is -4.68. The van der Waals surface area contributed by atoms with Gasteiger partial charge in [-0.2, -0.15) is 23.4 Å². The van der Waals surface area contributed by atoms with Crippen LogP contribution in [0.15, 0.2) is 36.4 Å². The van der Waals surface area contributed by atoms with E-state index < -0.39 is 17.8 Å². The minimum absolute atomic E-state index is 0.0608. The Labute approximate surface area is 181 Å². The molecule has 10 heteroatoms. The van der Waals surface area contributed by atoms with Crippen LogP contribution in [0.3, 0.4) is 0 Å². The molecule has 0 aliphatic heterocycles. The molecule has 0 aliphatic carbocycles. The van der Waals surface area contributed by atoms with E-state index in [4.69, 9.17) is 0 Å². The number of aryl methyl sites for hydroxylation is 3. The van der Waals surface area contributed by atoms with Crippen molar-refractivity contribution in [3.63, 3.8) is 0 Å². The monoisotopic (exact) mass is 442 g/mol. The molecule has 4 aromatic rings. The summed E-state index contributed by atoms with van der Waals surface area (Å²) >= 11 is 0. The molecule has 0 saturated heterocycles. The number of alkyl halides is 3. The van der Waals surface area contributed by atoms with Crippen LogP contribution in [0.5, 0.6) is 0 Å². The lowest BCUT2D eigenvalue weighted by Gasteiger charge is -2.11. The fraction of sp³-hybridized carbons (Fsp3) is 0.273. The standard InChI is InChI=1S/C22H21F3N6O/c1-12-5-7-15(8-6-12)17-9-19(22(23,24)25)31-20(27-17)10-18(29-31)21(32)26-11-16-13(2)28-30(4)14(16)3/h5-10H,11H2,1-4H3,(H,26,32). The van der Waals surface area contributed by atoms with Crippen molar-refractivity contribution < 1.29 is 18.0 Å². The molecule has 1 N–H and O–H groups in total.